The van der Waals surface area contributed by atoms with Crippen molar-refractivity contribution in [2.75, 3.05) is 40.5 Å². The summed E-state index contributed by atoms with van der Waals surface area (Å²) in [5, 5.41) is 2.75. The summed E-state index contributed by atoms with van der Waals surface area (Å²) < 4.78 is 17.7. The van der Waals surface area contributed by atoms with Gasteiger partial charge in [0, 0.05) is 18.3 Å². The predicted molar refractivity (Wildman–Crippen MR) is 133 cm³/mol. The zero-order valence-corrected chi connectivity index (χ0v) is 21.7. The molecule has 6 nitrogen and oxygen atoms in total. The number of carbonyl (C=O) groups is 1. The highest BCUT2D eigenvalue weighted by Crippen LogP contribution is 2.33. The minimum atomic E-state index is -3.06. The lowest BCUT2D eigenvalue weighted by atomic mass is 10.1. The van der Waals surface area contributed by atoms with Crippen molar-refractivity contribution in [2.45, 2.75) is 77.7 Å². The molecule has 0 saturated carbocycles. The van der Waals surface area contributed by atoms with Crippen LogP contribution in [0.2, 0.25) is 0 Å². The molecule has 1 unspecified atom stereocenters. The standard InChI is InChI=1S/C25H45N2O4P/c1-5-32(29,30)26-20-14-12-10-8-6-7-9-11-13-15-21-31-25(28)24-18-16-23(17-19-24)22-27(2,3)4/h16-19H,5-15,20-22H2,1-4H3,(H-,26,29,30)/p+1. The van der Waals surface area contributed by atoms with Crippen LogP contribution < -0.4 is 5.09 Å². The molecule has 1 atom stereocenters. The number of benzene rings is 1. The minimum Gasteiger partial charge on any atom is -0.462 e. The second-order valence-electron chi connectivity index (χ2n) is 9.74. The summed E-state index contributed by atoms with van der Waals surface area (Å²) in [6.07, 6.45) is 11.7. The molecule has 1 aromatic rings. The van der Waals surface area contributed by atoms with E-state index in [9.17, 15) is 14.3 Å². The van der Waals surface area contributed by atoms with Gasteiger partial charge in [-0.25, -0.2) is 9.88 Å². The Kier molecular flexibility index (Phi) is 14.1. The van der Waals surface area contributed by atoms with Crippen molar-refractivity contribution in [1.29, 1.82) is 0 Å². The first-order valence-corrected chi connectivity index (χ1v) is 14.1. The fourth-order valence-electron chi connectivity index (χ4n) is 3.55. The first-order valence-electron chi connectivity index (χ1n) is 12.3. The summed E-state index contributed by atoms with van der Waals surface area (Å²) in [6, 6.07) is 7.74. The molecule has 0 aliphatic rings. The van der Waals surface area contributed by atoms with E-state index in [1.54, 1.807) is 6.92 Å². The maximum Gasteiger partial charge on any atom is 0.338 e. The highest BCUT2D eigenvalue weighted by Gasteiger charge is 2.12. The fourth-order valence-corrected chi connectivity index (χ4v) is 4.28. The molecule has 0 heterocycles. The van der Waals surface area contributed by atoms with Crippen LogP contribution in [0.1, 0.15) is 87.1 Å². The van der Waals surface area contributed by atoms with E-state index in [1.807, 2.05) is 24.3 Å². The largest absolute Gasteiger partial charge is 0.462 e. The van der Waals surface area contributed by atoms with E-state index in [0.29, 0.717) is 24.9 Å². The Morgan fingerprint density at radius 1 is 0.906 bits per heavy atom. The molecular weight excluding hydrogens is 423 g/mol. The maximum atomic E-state index is 12.2. The predicted octanol–water partition coefficient (Wildman–Crippen LogP) is 5.75. The summed E-state index contributed by atoms with van der Waals surface area (Å²) in [4.78, 5) is 21.6. The number of unbranched alkanes of at least 4 members (excludes halogenated alkanes) is 9. The Bertz CT molecular complexity index is 686. The van der Waals surface area contributed by atoms with Gasteiger partial charge in [0.25, 0.3) is 7.52 Å². The third-order valence-corrected chi connectivity index (χ3v) is 7.01. The summed E-state index contributed by atoms with van der Waals surface area (Å²) in [5.41, 5.74) is 1.85. The number of carbonyl (C=O) groups excluding carboxylic acids is 1. The van der Waals surface area contributed by atoms with Gasteiger partial charge in [0.1, 0.15) is 6.54 Å². The lowest BCUT2D eigenvalue weighted by Crippen LogP contribution is -2.33. The van der Waals surface area contributed by atoms with Gasteiger partial charge >= 0.3 is 5.97 Å². The van der Waals surface area contributed by atoms with Gasteiger partial charge < -0.3 is 14.1 Å². The van der Waals surface area contributed by atoms with E-state index in [2.05, 4.69) is 26.2 Å². The first kappa shape index (κ1) is 28.8. The Hall–Kier alpha value is -1.20. The summed E-state index contributed by atoms with van der Waals surface area (Å²) in [5.74, 6) is -0.228. The zero-order chi connectivity index (χ0) is 23.9. The van der Waals surface area contributed by atoms with Crippen molar-refractivity contribution in [1.82, 2.24) is 5.09 Å². The molecule has 184 valence electrons. The molecule has 32 heavy (non-hydrogen) atoms. The topological polar surface area (TPSA) is 75.6 Å². The summed E-state index contributed by atoms with van der Waals surface area (Å²) in [7, 11) is 3.38. The third kappa shape index (κ3) is 14.8. The van der Waals surface area contributed by atoms with Gasteiger partial charge in [-0.05, 0) is 25.0 Å². The van der Waals surface area contributed by atoms with E-state index in [-0.39, 0.29) is 5.97 Å². The highest BCUT2D eigenvalue weighted by atomic mass is 31.2. The van der Waals surface area contributed by atoms with Crippen LogP contribution in [-0.2, 0) is 15.8 Å². The van der Waals surface area contributed by atoms with E-state index in [4.69, 9.17) is 4.74 Å². The SMILES string of the molecule is CCP(=O)(O)NCCCCCCCCCCCCOC(=O)c1ccc(C[N+](C)(C)C)cc1. The summed E-state index contributed by atoms with van der Waals surface area (Å²) in [6.45, 7) is 3.79. The Morgan fingerprint density at radius 3 is 1.91 bits per heavy atom. The average molecular weight is 470 g/mol. The number of hydrogen-bond donors (Lipinski definition) is 2. The average Bonchev–Trinajstić information content (AvgIpc) is 2.73. The van der Waals surface area contributed by atoms with Crippen LogP contribution in [0, 0.1) is 0 Å². The van der Waals surface area contributed by atoms with Crippen molar-refractivity contribution >= 4 is 13.5 Å². The first-order chi connectivity index (χ1) is 15.1. The minimum absolute atomic E-state index is 0.228. The van der Waals surface area contributed by atoms with E-state index in [0.717, 1.165) is 36.7 Å². The van der Waals surface area contributed by atoms with Gasteiger partial charge in [-0.3, -0.25) is 4.57 Å². The van der Waals surface area contributed by atoms with E-state index in [1.165, 1.54) is 44.1 Å². The van der Waals surface area contributed by atoms with Crippen molar-refractivity contribution in [3.63, 3.8) is 0 Å². The van der Waals surface area contributed by atoms with Crippen molar-refractivity contribution in [3.05, 3.63) is 35.4 Å². The molecule has 7 heteroatoms. The molecular formula is C25H46N2O4P+. The Balaban J connectivity index is 1.95. The molecule has 0 spiro atoms. The molecule has 0 aliphatic carbocycles. The molecule has 0 fully saturated rings. The van der Waals surface area contributed by atoms with Crippen LogP contribution in [0.25, 0.3) is 0 Å². The van der Waals surface area contributed by atoms with E-state index >= 15 is 0 Å². The van der Waals surface area contributed by atoms with Gasteiger partial charge in [0.2, 0.25) is 0 Å². The van der Waals surface area contributed by atoms with Crippen molar-refractivity contribution in [2.24, 2.45) is 0 Å². The number of nitrogens with zero attached hydrogens (tertiary/aromatic N) is 1. The summed E-state index contributed by atoms with van der Waals surface area (Å²) >= 11 is 0. The van der Waals surface area contributed by atoms with Crippen LogP contribution in [0.5, 0.6) is 0 Å². The van der Waals surface area contributed by atoms with Gasteiger partial charge in [-0.15, -0.1) is 0 Å². The lowest BCUT2D eigenvalue weighted by molar-refractivity contribution is -0.884. The highest BCUT2D eigenvalue weighted by molar-refractivity contribution is 7.55. The molecule has 0 aromatic heterocycles. The number of hydrogen-bond acceptors (Lipinski definition) is 3. The molecule has 2 N–H and O–H groups in total. The van der Waals surface area contributed by atoms with Crippen LogP contribution in [0.3, 0.4) is 0 Å². The lowest BCUT2D eigenvalue weighted by Gasteiger charge is -2.23. The second kappa shape index (κ2) is 15.6. The number of rotatable bonds is 18. The van der Waals surface area contributed by atoms with Crippen LogP contribution in [0.4, 0.5) is 0 Å². The number of nitrogens with one attached hydrogen (secondary N) is 1. The number of ether oxygens (including phenoxy) is 1. The van der Waals surface area contributed by atoms with Gasteiger partial charge in [0.15, 0.2) is 0 Å². The second-order valence-corrected chi connectivity index (χ2v) is 12.1. The maximum absolute atomic E-state index is 12.2. The molecule has 0 amide bonds. The fraction of sp³-hybridized carbons (Fsp3) is 0.720. The molecule has 0 saturated heterocycles. The monoisotopic (exact) mass is 469 g/mol. The molecule has 1 rings (SSSR count). The van der Waals surface area contributed by atoms with Crippen LogP contribution in [-0.4, -0.2) is 55.8 Å². The normalized spacial score (nSPS) is 13.7. The zero-order valence-electron chi connectivity index (χ0n) is 20.8. The Morgan fingerprint density at radius 2 is 1.41 bits per heavy atom. The molecule has 0 radical (unpaired) electrons. The van der Waals surface area contributed by atoms with Gasteiger partial charge in [0.05, 0.1) is 33.3 Å². The van der Waals surface area contributed by atoms with Crippen molar-refractivity contribution in [3.8, 4) is 0 Å². The number of quaternary nitrogens is 1. The van der Waals surface area contributed by atoms with Gasteiger partial charge in [-0.1, -0.05) is 70.4 Å². The number of esters is 1. The quantitative estimate of drug-likeness (QED) is 0.124. The third-order valence-electron chi connectivity index (χ3n) is 5.44. The van der Waals surface area contributed by atoms with Gasteiger partial charge in [-0.2, -0.15) is 0 Å². The molecule has 0 aliphatic heterocycles. The Labute approximate surface area is 195 Å². The van der Waals surface area contributed by atoms with E-state index < -0.39 is 7.52 Å². The smallest absolute Gasteiger partial charge is 0.338 e. The van der Waals surface area contributed by atoms with Crippen LogP contribution >= 0.6 is 7.52 Å². The van der Waals surface area contributed by atoms with Crippen LogP contribution in [0.15, 0.2) is 24.3 Å². The van der Waals surface area contributed by atoms with Crippen molar-refractivity contribution < 1.29 is 23.5 Å². The molecule has 1 aromatic carbocycles. The molecule has 0 bridgehead atoms.